The number of ether oxygens (including phenoxy) is 1. The quantitative estimate of drug-likeness (QED) is 0.685. The summed E-state index contributed by atoms with van der Waals surface area (Å²) >= 11 is 1.28. The molecule has 0 aromatic carbocycles. The summed E-state index contributed by atoms with van der Waals surface area (Å²) in [5.74, 6) is 0.872. The normalized spacial score (nSPS) is 21.8. The van der Waals surface area contributed by atoms with Crippen molar-refractivity contribution in [1.82, 2.24) is 10.3 Å². The summed E-state index contributed by atoms with van der Waals surface area (Å²) in [4.78, 5) is 16.7. The molecular formula is C12H20N4O2S. The molecule has 0 aliphatic heterocycles. The van der Waals surface area contributed by atoms with Crippen molar-refractivity contribution in [3.05, 3.63) is 4.88 Å². The summed E-state index contributed by atoms with van der Waals surface area (Å²) in [5.41, 5.74) is 5.78. The van der Waals surface area contributed by atoms with E-state index in [0.29, 0.717) is 29.1 Å². The Hall–Kier alpha value is -1.34. The molecule has 0 unspecified atom stereocenters. The summed E-state index contributed by atoms with van der Waals surface area (Å²) in [6, 6.07) is 0.286. The number of nitrogens with two attached hydrogens (primary N) is 1. The van der Waals surface area contributed by atoms with Gasteiger partial charge in [-0.2, -0.15) is 0 Å². The van der Waals surface area contributed by atoms with E-state index in [9.17, 15) is 4.79 Å². The van der Waals surface area contributed by atoms with Gasteiger partial charge >= 0.3 is 0 Å². The van der Waals surface area contributed by atoms with E-state index in [1.807, 2.05) is 0 Å². The summed E-state index contributed by atoms with van der Waals surface area (Å²) < 4.78 is 4.94. The Morgan fingerprint density at radius 1 is 1.58 bits per heavy atom. The minimum absolute atomic E-state index is 0.119. The van der Waals surface area contributed by atoms with Crippen molar-refractivity contribution in [2.75, 3.05) is 31.3 Å². The maximum absolute atomic E-state index is 12.0. The zero-order valence-electron chi connectivity index (χ0n) is 11.2. The van der Waals surface area contributed by atoms with Crippen LogP contribution in [0.2, 0.25) is 0 Å². The van der Waals surface area contributed by atoms with E-state index in [2.05, 4.69) is 22.5 Å². The zero-order valence-corrected chi connectivity index (χ0v) is 12.0. The number of nitrogen functional groups attached to an aromatic ring is 1. The second kappa shape index (κ2) is 6.21. The predicted octanol–water partition coefficient (Wildman–Crippen LogP) is 1.31. The topological polar surface area (TPSA) is 89.3 Å². The Balaban J connectivity index is 1.89. The molecule has 1 saturated carbocycles. The number of hydrogen-bond donors (Lipinski definition) is 3. The van der Waals surface area contributed by atoms with E-state index in [4.69, 9.17) is 10.5 Å². The van der Waals surface area contributed by atoms with Crippen LogP contribution in [0.3, 0.4) is 0 Å². The number of amides is 1. The maximum Gasteiger partial charge on any atom is 0.265 e. The minimum Gasteiger partial charge on any atom is -0.383 e. The Morgan fingerprint density at radius 3 is 2.95 bits per heavy atom. The Labute approximate surface area is 116 Å². The van der Waals surface area contributed by atoms with Crippen molar-refractivity contribution < 1.29 is 9.53 Å². The van der Waals surface area contributed by atoms with Crippen LogP contribution in [0.15, 0.2) is 0 Å². The Bertz CT molecular complexity index is 443. The summed E-state index contributed by atoms with van der Waals surface area (Å²) in [6.45, 7) is 3.41. The van der Waals surface area contributed by atoms with Gasteiger partial charge in [-0.25, -0.2) is 4.98 Å². The lowest BCUT2D eigenvalue weighted by atomic mass is 9.82. The first-order chi connectivity index (χ1) is 9.10. The van der Waals surface area contributed by atoms with E-state index in [-0.39, 0.29) is 17.8 Å². The number of thiazole rings is 1. The highest BCUT2D eigenvalue weighted by atomic mass is 32.1. The first-order valence-electron chi connectivity index (χ1n) is 6.40. The van der Waals surface area contributed by atoms with E-state index >= 15 is 0 Å². The standard InChI is InChI=1S/C12H20N4O2S/c1-7-5-8(6-7)15-11(17)9-10(13)16-12(19-9)14-3-4-18-2/h7-8H,3-6,13H2,1-2H3,(H,14,16)(H,15,17). The van der Waals surface area contributed by atoms with Gasteiger partial charge in [0.25, 0.3) is 5.91 Å². The van der Waals surface area contributed by atoms with Crippen molar-refractivity contribution in [1.29, 1.82) is 0 Å². The molecule has 7 heteroatoms. The van der Waals surface area contributed by atoms with Gasteiger partial charge in [0.1, 0.15) is 10.7 Å². The molecule has 1 heterocycles. The van der Waals surface area contributed by atoms with Gasteiger partial charge in [0, 0.05) is 19.7 Å². The Kier molecular flexibility index (Phi) is 4.60. The highest BCUT2D eigenvalue weighted by Crippen LogP contribution is 2.29. The molecule has 1 aromatic heterocycles. The van der Waals surface area contributed by atoms with Gasteiger partial charge in [-0.3, -0.25) is 4.79 Å². The third kappa shape index (κ3) is 3.57. The van der Waals surface area contributed by atoms with Gasteiger partial charge < -0.3 is 21.1 Å². The van der Waals surface area contributed by atoms with Gasteiger partial charge in [-0.05, 0) is 18.8 Å². The first kappa shape index (κ1) is 14.1. The molecule has 4 N–H and O–H groups in total. The van der Waals surface area contributed by atoms with Crippen LogP contribution in [-0.4, -0.2) is 37.2 Å². The van der Waals surface area contributed by atoms with Crippen LogP contribution in [-0.2, 0) is 4.74 Å². The molecule has 2 rings (SSSR count). The van der Waals surface area contributed by atoms with Crippen LogP contribution >= 0.6 is 11.3 Å². The Morgan fingerprint density at radius 2 is 2.32 bits per heavy atom. The van der Waals surface area contributed by atoms with Gasteiger partial charge in [0.2, 0.25) is 0 Å². The third-order valence-electron chi connectivity index (χ3n) is 3.15. The SMILES string of the molecule is COCCNc1nc(N)c(C(=O)NC2CC(C)C2)s1. The molecule has 0 atom stereocenters. The maximum atomic E-state index is 12.0. The summed E-state index contributed by atoms with van der Waals surface area (Å²) in [6.07, 6.45) is 2.09. The molecule has 106 valence electrons. The van der Waals surface area contributed by atoms with Crippen LogP contribution < -0.4 is 16.4 Å². The number of nitrogens with zero attached hydrogens (tertiary/aromatic N) is 1. The van der Waals surface area contributed by atoms with Crippen LogP contribution in [0.4, 0.5) is 10.9 Å². The minimum atomic E-state index is -0.119. The molecule has 0 spiro atoms. The molecular weight excluding hydrogens is 264 g/mol. The first-order valence-corrected chi connectivity index (χ1v) is 7.21. The number of carbonyl (C=O) groups is 1. The number of nitrogens with one attached hydrogen (secondary N) is 2. The van der Waals surface area contributed by atoms with Crippen molar-refractivity contribution in [2.45, 2.75) is 25.8 Å². The molecule has 1 fully saturated rings. The van der Waals surface area contributed by atoms with Gasteiger partial charge in [0.05, 0.1) is 6.61 Å². The predicted molar refractivity (Wildman–Crippen MR) is 76.5 cm³/mol. The van der Waals surface area contributed by atoms with Crippen molar-refractivity contribution in [3.63, 3.8) is 0 Å². The van der Waals surface area contributed by atoms with Crippen molar-refractivity contribution in [3.8, 4) is 0 Å². The van der Waals surface area contributed by atoms with Crippen molar-refractivity contribution in [2.24, 2.45) is 5.92 Å². The van der Waals surface area contributed by atoms with Crippen LogP contribution in [0, 0.1) is 5.92 Å². The molecule has 0 bridgehead atoms. The van der Waals surface area contributed by atoms with Crippen LogP contribution in [0.25, 0.3) is 0 Å². The monoisotopic (exact) mass is 284 g/mol. The van der Waals surface area contributed by atoms with Crippen LogP contribution in [0.5, 0.6) is 0 Å². The number of carbonyl (C=O) groups excluding carboxylic acids is 1. The molecule has 19 heavy (non-hydrogen) atoms. The summed E-state index contributed by atoms with van der Waals surface area (Å²) in [7, 11) is 1.64. The summed E-state index contributed by atoms with van der Waals surface area (Å²) in [5, 5.41) is 6.71. The fraction of sp³-hybridized carbons (Fsp3) is 0.667. The van der Waals surface area contributed by atoms with E-state index < -0.39 is 0 Å². The van der Waals surface area contributed by atoms with Gasteiger partial charge in [0.15, 0.2) is 5.13 Å². The van der Waals surface area contributed by atoms with Gasteiger partial charge in [-0.1, -0.05) is 18.3 Å². The molecule has 6 nitrogen and oxygen atoms in total. The molecule has 0 radical (unpaired) electrons. The van der Waals surface area contributed by atoms with E-state index in [0.717, 1.165) is 12.8 Å². The largest absolute Gasteiger partial charge is 0.383 e. The van der Waals surface area contributed by atoms with Gasteiger partial charge in [-0.15, -0.1) is 0 Å². The number of anilines is 2. The molecule has 0 saturated heterocycles. The van der Waals surface area contributed by atoms with E-state index in [1.54, 1.807) is 7.11 Å². The molecule has 1 aliphatic rings. The fourth-order valence-corrected chi connectivity index (χ4v) is 2.91. The van der Waals surface area contributed by atoms with Crippen LogP contribution in [0.1, 0.15) is 29.4 Å². The number of methoxy groups -OCH3 is 1. The number of aromatic nitrogens is 1. The highest BCUT2D eigenvalue weighted by molar-refractivity contribution is 7.18. The fourth-order valence-electron chi connectivity index (χ4n) is 2.10. The third-order valence-corrected chi connectivity index (χ3v) is 4.18. The highest BCUT2D eigenvalue weighted by Gasteiger charge is 2.28. The lowest BCUT2D eigenvalue weighted by Gasteiger charge is -2.33. The number of hydrogen-bond acceptors (Lipinski definition) is 6. The smallest absolute Gasteiger partial charge is 0.265 e. The number of rotatable bonds is 6. The van der Waals surface area contributed by atoms with Crippen molar-refractivity contribution >= 4 is 28.2 Å². The second-order valence-electron chi connectivity index (χ2n) is 4.90. The molecule has 1 aliphatic carbocycles. The zero-order chi connectivity index (χ0) is 13.8. The second-order valence-corrected chi connectivity index (χ2v) is 5.90. The average molecular weight is 284 g/mol. The van der Waals surface area contributed by atoms with E-state index in [1.165, 1.54) is 11.3 Å². The molecule has 1 amide bonds. The molecule has 1 aromatic rings. The lowest BCUT2D eigenvalue weighted by molar-refractivity contribution is 0.0901. The lowest BCUT2D eigenvalue weighted by Crippen LogP contribution is -2.43. The average Bonchev–Trinajstić information content (AvgIpc) is 2.69.